The van der Waals surface area contributed by atoms with Crippen molar-refractivity contribution >= 4 is 11.6 Å². The fourth-order valence-electron chi connectivity index (χ4n) is 2.25. The summed E-state index contributed by atoms with van der Waals surface area (Å²) >= 11 is 5.68. The molecule has 1 N–H and O–H groups in total. The van der Waals surface area contributed by atoms with Gasteiger partial charge in [0.1, 0.15) is 0 Å². The summed E-state index contributed by atoms with van der Waals surface area (Å²) in [4.78, 5) is 0. The molecular weight excluding hydrogens is 368 g/mol. The van der Waals surface area contributed by atoms with Gasteiger partial charge >= 0.3 is 6.18 Å². The Labute approximate surface area is 145 Å². The first kappa shape index (κ1) is 19.6. The number of benzene rings is 2. The molecule has 25 heavy (non-hydrogen) atoms. The number of rotatable bonds is 6. The van der Waals surface area contributed by atoms with Gasteiger partial charge < -0.3 is 0 Å². The van der Waals surface area contributed by atoms with Crippen molar-refractivity contribution < 1.29 is 26.3 Å². The summed E-state index contributed by atoms with van der Waals surface area (Å²) in [6, 6.07) is 9.91. The van der Waals surface area contributed by atoms with E-state index in [1.54, 1.807) is 6.07 Å². The maximum Gasteiger partial charge on any atom is 0.417 e. The van der Waals surface area contributed by atoms with Gasteiger partial charge in [-0.2, -0.15) is 13.2 Å². The Morgan fingerprint density at radius 2 is 1.56 bits per heavy atom. The van der Waals surface area contributed by atoms with Crippen LogP contribution >= 0.6 is 11.6 Å². The zero-order chi connectivity index (χ0) is 18.7. The van der Waals surface area contributed by atoms with Crippen molar-refractivity contribution in [2.45, 2.75) is 31.4 Å². The van der Waals surface area contributed by atoms with Crippen LogP contribution in [0.25, 0.3) is 0 Å². The standard InChI is InChI=1S/C17H14ClF6N/c18-15-11(5-4-8-13(15)17(22,23)24)10-25-14(19)9-16(20,21)12-6-2-1-3-7-12/h1-8,14,25H,9-10H2. The van der Waals surface area contributed by atoms with Gasteiger partial charge in [0.2, 0.25) is 0 Å². The lowest BCUT2D eigenvalue weighted by molar-refractivity contribution is -0.137. The number of halogens is 7. The average Bonchev–Trinajstić information content (AvgIpc) is 2.53. The molecule has 0 radical (unpaired) electrons. The molecule has 0 bridgehead atoms. The summed E-state index contributed by atoms with van der Waals surface area (Å²) in [6.07, 6.45) is -7.92. The normalized spacial score (nSPS) is 13.7. The molecule has 0 amide bonds. The summed E-state index contributed by atoms with van der Waals surface area (Å²) in [5.41, 5.74) is -1.42. The maximum absolute atomic E-state index is 14.0. The van der Waals surface area contributed by atoms with Crippen molar-refractivity contribution in [2.75, 3.05) is 0 Å². The zero-order valence-corrected chi connectivity index (χ0v) is 13.5. The summed E-state index contributed by atoms with van der Waals surface area (Å²) in [6.45, 7) is -0.408. The van der Waals surface area contributed by atoms with Gasteiger partial charge in [0.15, 0.2) is 6.30 Å². The molecule has 0 aliphatic rings. The molecule has 0 aliphatic heterocycles. The molecule has 8 heteroatoms. The minimum atomic E-state index is -4.65. The second-order valence-corrected chi connectivity index (χ2v) is 5.78. The van der Waals surface area contributed by atoms with E-state index in [9.17, 15) is 26.3 Å². The van der Waals surface area contributed by atoms with Gasteiger partial charge in [-0.3, -0.25) is 5.32 Å². The molecule has 1 nitrogen and oxygen atoms in total. The van der Waals surface area contributed by atoms with E-state index in [0.717, 1.165) is 12.1 Å². The molecule has 0 aliphatic carbocycles. The van der Waals surface area contributed by atoms with Gasteiger partial charge in [-0.15, -0.1) is 0 Å². The Bertz CT molecular complexity index is 702. The lowest BCUT2D eigenvalue weighted by Crippen LogP contribution is -2.30. The van der Waals surface area contributed by atoms with Crippen LogP contribution in [0.15, 0.2) is 48.5 Å². The van der Waals surface area contributed by atoms with E-state index in [0.29, 0.717) is 0 Å². The molecule has 136 valence electrons. The SMILES string of the molecule is FC(CC(F)(F)c1ccccc1)NCc1cccc(C(F)(F)F)c1Cl. The minimum absolute atomic E-state index is 0.0258. The van der Waals surface area contributed by atoms with E-state index in [2.05, 4.69) is 5.32 Å². The molecule has 2 aromatic carbocycles. The number of hydrogen-bond acceptors (Lipinski definition) is 1. The lowest BCUT2D eigenvalue weighted by Gasteiger charge is -2.20. The molecule has 0 saturated heterocycles. The van der Waals surface area contributed by atoms with Gasteiger partial charge in [-0.1, -0.05) is 54.1 Å². The molecule has 1 unspecified atom stereocenters. The van der Waals surface area contributed by atoms with Gasteiger partial charge in [0.05, 0.1) is 17.0 Å². The van der Waals surface area contributed by atoms with E-state index in [1.807, 2.05) is 0 Å². The van der Waals surface area contributed by atoms with Crippen LogP contribution in [0.2, 0.25) is 5.02 Å². The van der Waals surface area contributed by atoms with Crippen LogP contribution < -0.4 is 5.32 Å². The maximum atomic E-state index is 14.0. The quantitative estimate of drug-likeness (QED) is 0.483. The predicted octanol–water partition coefficient (Wildman–Crippen LogP) is 5.93. The third kappa shape index (κ3) is 5.12. The third-order valence-corrected chi connectivity index (χ3v) is 3.98. The van der Waals surface area contributed by atoms with Crippen molar-refractivity contribution in [1.29, 1.82) is 0 Å². The van der Waals surface area contributed by atoms with Crippen LogP contribution in [0.4, 0.5) is 26.3 Å². The van der Waals surface area contributed by atoms with Crippen LogP contribution in [0.5, 0.6) is 0 Å². The lowest BCUT2D eigenvalue weighted by atomic mass is 10.0. The predicted molar refractivity (Wildman–Crippen MR) is 83.1 cm³/mol. The molecule has 0 aromatic heterocycles. The molecule has 0 fully saturated rings. The largest absolute Gasteiger partial charge is 0.417 e. The zero-order valence-electron chi connectivity index (χ0n) is 12.8. The Hall–Kier alpha value is -1.73. The van der Waals surface area contributed by atoms with Crippen molar-refractivity contribution in [3.8, 4) is 0 Å². The summed E-state index contributed by atoms with van der Waals surface area (Å²) in [7, 11) is 0. The number of nitrogens with one attached hydrogen (secondary N) is 1. The van der Waals surface area contributed by atoms with E-state index in [1.165, 1.54) is 30.3 Å². The first-order valence-electron chi connectivity index (χ1n) is 7.26. The van der Waals surface area contributed by atoms with Gasteiger partial charge in [0, 0.05) is 12.1 Å². The first-order chi connectivity index (χ1) is 11.6. The molecule has 2 rings (SSSR count). The second kappa shape index (κ2) is 7.66. The Morgan fingerprint density at radius 1 is 0.920 bits per heavy atom. The first-order valence-corrected chi connectivity index (χ1v) is 7.64. The highest BCUT2D eigenvalue weighted by molar-refractivity contribution is 6.32. The van der Waals surface area contributed by atoms with Crippen LogP contribution in [0, 0.1) is 0 Å². The molecule has 0 heterocycles. The van der Waals surface area contributed by atoms with Gasteiger partial charge in [0.25, 0.3) is 5.92 Å². The smallest absolute Gasteiger partial charge is 0.283 e. The molecular formula is C17H14ClF6N. The van der Waals surface area contributed by atoms with Crippen molar-refractivity contribution in [2.24, 2.45) is 0 Å². The second-order valence-electron chi connectivity index (χ2n) is 5.40. The van der Waals surface area contributed by atoms with E-state index in [-0.39, 0.29) is 11.1 Å². The highest BCUT2D eigenvalue weighted by Crippen LogP contribution is 2.36. The minimum Gasteiger partial charge on any atom is -0.283 e. The fraction of sp³-hybridized carbons (Fsp3) is 0.294. The van der Waals surface area contributed by atoms with Gasteiger partial charge in [-0.25, -0.2) is 13.2 Å². The van der Waals surface area contributed by atoms with Crippen molar-refractivity contribution in [1.82, 2.24) is 5.32 Å². The number of hydrogen-bond donors (Lipinski definition) is 1. The molecule has 1 atom stereocenters. The Kier molecular flexibility index (Phi) is 6.00. The summed E-state index contributed by atoms with van der Waals surface area (Å²) in [5, 5.41) is 1.57. The van der Waals surface area contributed by atoms with E-state index in [4.69, 9.17) is 11.6 Å². The molecule has 0 spiro atoms. The Morgan fingerprint density at radius 3 is 2.16 bits per heavy atom. The van der Waals surface area contributed by atoms with Crippen molar-refractivity contribution in [3.63, 3.8) is 0 Å². The third-order valence-electron chi connectivity index (χ3n) is 3.53. The molecule has 2 aromatic rings. The number of alkyl halides is 6. The van der Waals surface area contributed by atoms with E-state index < -0.39 is 41.9 Å². The van der Waals surface area contributed by atoms with Crippen molar-refractivity contribution in [3.05, 3.63) is 70.2 Å². The highest BCUT2D eigenvalue weighted by atomic mass is 35.5. The average molecular weight is 382 g/mol. The topological polar surface area (TPSA) is 12.0 Å². The highest BCUT2D eigenvalue weighted by Gasteiger charge is 2.36. The summed E-state index contributed by atoms with van der Waals surface area (Å²) < 4.78 is 80.1. The van der Waals surface area contributed by atoms with E-state index >= 15 is 0 Å². The summed E-state index contributed by atoms with van der Waals surface area (Å²) in [5.74, 6) is -3.41. The van der Waals surface area contributed by atoms with Crippen LogP contribution in [-0.2, 0) is 18.6 Å². The Balaban J connectivity index is 2.02. The molecule has 0 saturated carbocycles. The fourth-order valence-corrected chi connectivity index (χ4v) is 2.55. The van der Waals surface area contributed by atoms with Crippen LogP contribution in [-0.4, -0.2) is 6.30 Å². The van der Waals surface area contributed by atoms with Crippen LogP contribution in [0.3, 0.4) is 0 Å². The monoisotopic (exact) mass is 381 g/mol. The van der Waals surface area contributed by atoms with Crippen LogP contribution in [0.1, 0.15) is 23.1 Å². The van der Waals surface area contributed by atoms with Gasteiger partial charge in [-0.05, 0) is 11.6 Å².